The minimum Gasteiger partial charge on any atom is -0.503 e. The van der Waals surface area contributed by atoms with Crippen LogP contribution in [0.2, 0.25) is 0 Å². The molecule has 4 rings (SSSR count). The summed E-state index contributed by atoms with van der Waals surface area (Å²) in [5.74, 6) is -1.20. The predicted molar refractivity (Wildman–Crippen MR) is 102 cm³/mol. The Bertz CT molecular complexity index is 929. The molecule has 1 N–H and O–H groups in total. The van der Waals surface area contributed by atoms with Gasteiger partial charge < -0.3 is 10.0 Å². The third-order valence-electron chi connectivity index (χ3n) is 5.34. The lowest BCUT2D eigenvalue weighted by molar-refractivity contribution is -0.131. The highest BCUT2D eigenvalue weighted by atomic mass is 32.1. The Morgan fingerprint density at radius 2 is 1.89 bits per heavy atom. The van der Waals surface area contributed by atoms with Crippen molar-refractivity contribution in [1.82, 2.24) is 14.9 Å². The Hall–Kier alpha value is -2.54. The van der Waals surface area contributed by atoms with Crippen LogP contribution < -0.4 is 0 Å². The molecule has 1 aliphatic heterocycles. The van der Waals surface area contributed by atoms with E-state index in [9.17, 15) is 14.7 Å². The molecule has 1 saturated carbocycles. The second-order valence-corrected chi connectivity index (χ2v) is 8.28. The number of Topliss-reactive ketones (excluding diaryl/α,β-unsaturated/α-hetero) is 1. The van der Waals surface area contributed by atoms with Crippen LogP contribution in [0.3, 0.4) is 0 Å². The van der Waals surface area contributed by atoms with Gasteiger partial charge in [0.15, 0.2) is 5.76 Å². The third kappa shape index (κ3) is 2.96. The van der Waals surface area contributed by atoms with E-state index in [1.54, 1.807) is 36.4 Å². The Kier molecular flexibility index (Phi) is 4.55. The fraction of sp³-hybridized carbons (Fsp3) is 0.400. The number of aromatic nitrogens is 2. The van der Waals surface area contributed by atoms with Crippen molar-refractivity contribution in [2.75, 3.05) is 0 Å². The zero-order chi connectivity index (χ0) is 19.1. The van der Waals surface area contributed by atoms with E-state index in [2.05, 4.69) is 9.97 Å². The lowest BCUT2D eigenvalue weighted by atomic mass is 9.95. The Balaban J connectivity index is 1.83. The Labute approximate surface area is 161 Å². The average molecular weight is 383 g/mol. The topological polar surface area (TPSA) is 83.4 Å². The molecule has 0 spiro atoms. The second kappa shape index (κ2) is 6.88. The molecule has 7 heteroatoms. The van der Waals surface area contributed by atoms with E-state index in [-0.39, 0.29) is 17.4 Å². The second-order valence-electron chi connectivity index (χ2n) is 7.07. The van der Waals surface area contributed by atoms with Gasteiger partial charge in [0.25, 0.3) is 5.91 Å². The molecule has 3 heterocycles. The van der Waals surface area contributed by atoms with Gasteiger partial charge in [-0.15, -0.1) is 11.3 Å². The van der Waals surface area contributed by atoms with Gasteiger partial charge in [-0.1, -0.05) is 12.8 Å². The number of aliphatic hydroxyl groups is 1. The number of rotatable bonds is 4. The SMILES string of the molecule is Cc1nc(C)c(C(=O)C2=C(O)C(=O)N(C3CCCC3)C2c2ccncc2)s1. The van der Waals surface area contributed by atoms with Crippen molar-refractivity contribution in [2.24, 2.45) is 0 Å². The summed E-state index contributed by atoms with van der Waals surface area (Å²) in [7, 11) is 0. The van der Waals surface area contributed by atoms with Gasteiger partial charge in [-0.05, 0) is 44.4 Å². The molecule has 0 saturated heterocycles. The molecule has 1 amide bonds. The summed E-state index contributed by atoms with van der Waals surface area (Å²) >= 11 is 1.30. The van der Waals surface area contributed by atoms with Crippen molar-refractivity contribution in [3.05, 3.63) is 57.0 Å². The first-order valence-electron chi connectivity index (χ1n) is 9.13. The molecule has 0 bridgehead atoms. The summed E-state index contributed by atoms with van der Waals surface area (Å²) in [6.07, 6.45) is 7.17. The van der Waals surface area contributed by atoms with E-state index in [0.717, 1.165) is 36.3 Å². The molecule has 2 aromatic heterocycles. The van der Waals surface area contributed by atoms with Gasteiger partial charge in [0.05, 0.1) is 27.2 Å². The molecular weight excluding hydrogens is 362 g/mol. The first-order chi connectivity index (χ1) is 13.0. The van der Waals surface area contributed by atoms with Crippen LogP contribution in [0.5, 0.6) is 0 Å². The molecule has 1 aliphatic carbocycles. The molecule has 1 atom stereocenters. The van der Waals surface area contributed by atoms with Crippen molar-refractivity contribution in [2.45, 2.75) is 51.6 Å². The van der Waals surface area contributed by atoms with Gasteiger partial charge in [-0.3, -0.25) is 14.6 Å². The number of aliphatic hydroxyl groups excluding tert-OH is 1. The molecule has 2 aromatic rings. The lowest BCUT2D eigenvalue weighted by Gasteiger charge is -2.32. The van der Waals surface area contributed by atoms with Gasteiger partial charge in [0.2, 0.25) is 5.78 Å². The number of amides is 1. The smallest absolute Gasteiger partial charge is 0.290 e. The molecule has 140 valence electrons. The summed E-state index contributed by atoms with van der Waals surface area (Å²) < 4.78 is 0. The third-order valence-corrected chi connectivity index (χ3v) is 6.41. The zero-order valence-corrected chi connectivity index (χ0v) is 16.1. The number of carbonyl (C=O) groups excluding carboxylic acids is 2. The number of pyridine rings is 1. The molecule has 0 radical (unpaired) electrons. The lowest BCUT2D eigenvalue weighted by Crippen LogP contribution is -2.38. The van der Waals surface area contributed by atoms with Gasteiger partial charge in [0.1, 0.15) is 0 Å². The van der Waals surface area contributed by atoms with Crippen molar-refractivity contribution >= 4 is 23.0 Å². The average Bonchev–Trinajstić information content (AvgIpc) is 3.35. The predicted octanol–water partition coefficient (Wildman–Crippen LogP) is 3.68. The van der Waals surface area contributed by atoms with Gasteiger partial charge in [-0.25, -0.2) is 4.98 Å². The van der Waals surface area contributed by atoms with Crippen molar-refractivity contribution < 1.29 is 14.7 Å². The largest absolute Gasteiger partial charge is 0.503 e. The highest BCUT2D eigenvalue weighted by molar-refractivity contribution is 7.14. The highest BCUT2D eigenvalue weighted by Crippen LogP contribution is 2.43. The molecule has 2 aliphatic rings. The van der Waals surface area contributed by atoms with Crippen LogP contribution in [0.4, 0.5) is 0 Å². The van der Waals surface area contributed by atoms with Crippen molar-refractivity contribution in [3.8, 4) is 0 Å². The number of nitrogens with zero attached hydrogens (tertiary/aromatic N) is 3. The summed E-state index contributed by atoms with van der Waals surface area (Å²) in [5, 5.41) is 11.5. The van der Waals surface area contributed by atoms with Crippen LogP contribution in [0.15, 0.2) is 35.9 Å². The van der Waals surface area contributed by atoms with E-state index in [0.29, 0.717) is 10.6 Å². The number of hydrogen-bond donors (Lipinski definition) is 1. The summed E-state index contributed by atoms with van der Waals surface area (Å²) in [4.78, 5) is 36.8. The fourth-order valence-corrected chi connectivity index (χ4v) is 5.03. The molecule has 0 aromatic carbocycles. The number of ketones is 1. The van der Waals surface area contributed by atoms with Gasteiger partial charge in [0, 0.05) is 18.4 Å². The van der Waals surface area contributed by atoms with Crippen molar-refractivity contribution in [3.63, 3.8) is 0 Å². The van der Waals surface area contributed by atoms with E-state index >= 15 is 0 Å². The maximum absolute atomic E-state index is 13.3. The molecule has 27 heavy (non-hydrogen) atoms. The van der Waals surface area contributed by atoms with Crippen LogP contribution in [-0.2, 0) is 4.79 Å². The van der Waals surface area contributed by atoms with E-state index < -0.39 is 17.7 Å². The van der Waals surface area contributed by atoms with Crippen LogP contribution in [0.1, 0.15) is 57.7 Å². The van der Waals surface area contributed by atoms with Crippen LogP contribution in [0, 0.1) is 13.8 Å². The van der Waals surface area contributed by atoms with Gasteiger partial charge in [-0.2, -0.15) is 0 Å². The van der Waals surface area contributed by atoms with Crippen molar-refractivity contribution in [1.29, 1.82) is 0 Å². The minimum absolute atomic E-state index is 0.0346. The van der Waals surface area contributed by atoms with E-state index in [1.165, 1.54) is 11.3 Å². The number of carbonyl (C=O) groups is 2. The van der Waals surface area contributed by atoms with E-state index in [1.807, 2.05) is 6.92 Å². The maximum Gasteiger partial charge on any atom is 0.290 e. The molecule has 1 fully saturated rings. The minimum atomic E-state index is -0.585. The van der Waals surface area contributed by atoms with Crippen LogP contribution in [-0.4, -0.2) is 37.7 Å². The first-order valence-corrected chi connectivity index (χ1v) is 9.95. The molecule has 1 unspecified atom stereocenters. The quantitative estimate of drug-likeness (QED) is 0.815. The number of aryl methyl sites for hydroxylation is 2. The fourth-order valence-electron chi connectivity index (χ4n) is 4.15. The Morgan fingerprint density at radius 3 is 2.48 bits per heavy atom. The standard InChI is InChI=1S/C20H21N3O3S/c1-11-19(27-12(2)22-11)17(24)15-16(13-7-9-21-10-8-13)23(20(26)18(15)25)14-5-3-4-6-14/h7-10,14,16,25H,3-6H2,1-2H3. The number of hydrogen-bond acceptors (Lipinski definition) is 6. The summed E-state index contributed by atoms with van der Waals surface area (Å²) in [6, 6.07) is 3.05. The highest BCUT2D eigenvalue weighted by Gasteiger charge is 2.47. The summed E-state index contributed by atoms with van der Waals surface area (Å²) in [5.41, 5.74) is 1.57. The van der Waals surface area contributed by atoms with Crippen LogP contribution >= 0.6 is 11.3 Å². The first kappa shape index (κ1) is 17.9. The van der Waals surface area contributed by atoms with Crippen LogP contribution in [0.25, 0.3) is 0 Å². The van der Waals surface area contributed by atoms with Gasteiger partial charge >= 0.3 is 0 Å². The van der Waals surface area contributed by atoms with E-state index in [4.69, 9.17) is 0 Å². The molecule has 6 nitrogen and oxygen atoms in total. The zero-order valence-electron chi connectivity index (χ0n) is 15.3. The normalized spacial score (nSPS) is 20.7. The number of thiazole rings is 1. The Morgan fingerprint density at radius 1 is 1.22 bits per heavy atom. The monoisotopic (exact) mass is 383 g/mol. The molecular formula is C20H21N3O3S. The summed E-state index contributed by atoms with van der Waals surface area (Å²) in [6.45, 7) is 3.62. The maximum atomic E-state index is 13.3.